The predicted octanol–water partition coefficient (Wildman–Crippen LogP) is 2.45. The summed E-state index contributed by atoms with van der Waals surface area (Å²) in [6, 6.07) is 4.11. The number of hydrogen-bond acceptors (Lipinski definition) is 4. The van der Waals surface area contributed by atoms with E-state index in [4.69, 9.17) is 4.74 Å². The highest BCUT2D eigenvalue weighted by molar-refractivity contribution is 5.88. The normalized spacial score (nSPS) is 18.4. The van der Waals surface area contributed by atoms with Crippen LogP contribution < -0.4 is 10.9 Å². The average molecular weight is 339 g/mol. The molecule has 1 aliphatic carbocycles. The summed E-state index contributed by atoms with van der Waals surface area (Å²) in [5.41, 5.74) is 0.907. The van der Waals surface area contributed by atoms with Crippen LogP contribution in [0.3, 0.4) is 0 Å². The third-order valence-corrected chi connectivity index (χ3v) is 4.09. The third kappa shape index (κ3) is 3.24. The molecule has 126 valence electrons. The predicted molar refractivity (Wildman–Crippen MR) is 87.3 cm³/mol. The van der Waals surface area contributed by atoms with Crippen LogP contribution in [0.25, 0.3) is 0 Å². The molecule has 1 saturated carbocycles. The smallest absolute Gasteiger partial charge is 0.413 e. The number of ether oxygens (including phenoxy) is 1. The van der Waals surface area contributed by atoms with E-state index in [-0.39, 0.29) is 17.7 Å². The molecular formula is C18H14FN3O3. The molecule has 0 spiro atoms. The molecule has 1 fully saturated rings. The van der Waals surface area contributed by atoms with Gasteiger partial charge in [-0.25, -0.2) is 14.2 Å². The van der Waals surface area contributed by atoms with Crippen LogP contribution in [0.1, 0.15) is 30.1 Å². The Morgan fingerprint density at radius 3 is 2.92 bits per heavy atom. The first kappa shape index (κ1) is 15.4. The molecule has 7 heteroatoms. The molecule has 0 radical (unpaired) electrons. The monoisotopic (exact) mass is 339 g/mol. The number of aromatic nitrogens is 2. The quantitative estimate of drug-likeness (QED) is 0.853. The Balaban J connectivity index is 1.69. The lowest BCUT2D eigenvalue weighted by molar-refractivity contribution is 0.134. The van der Waals surface area contributed by atoms with Crippen LogP contribution in [0.2, 0.25) is 0 Å². The van der Waals surface area contributed by atoms with Crippen LogP contribution in [0.15, 0.2) is 35.5 Å². The summed E-state index contributed by atoms with van der Waals surface area (Å²) in [5, 5.41) is 2.56. The Bertz CT molecular complexity index is 970. The summed E-state index contributed by atoms with van der Waals surface area (Å²) < 4.78 is 21.0. The second kappa shape index (κ2) is 6.06. The van der Waals surface area contributed by atoms with Gasteiger partial charge in [0.2, 0.25) is 0 Å². The summed E-state index contributed by atoms with van der Waals surface area (Å²) >= 11 is 0. The highest BCUT2D eigenvalue weighted by Gasteiger charge is 2.27. The highest BCUT2D eigenvalue weighted by Crippen LogP contribution is 2.34. The molecule has 0 bridgehead atoms. The first-order chi connectivity index (χ1) is 12.1. The van der Waals surface area contributed by atoms with Gasteiger partial charge in [0, 0.05) is 29.3 Å². The van der Waals surface area contributed by atoms with E-state index in [0.29, 0.717) is 17.2 Å². The fraction of sp³-hybridized carbons (Fsp3) is 0.278. The first-order valence-electron chi connectivity index (χ1n) is 7.91. The molecule has 1 atom stereocenters. The summed E-state index contributed by atoms with van der Waals surface area (Å²) in [6.07, 6.45) is 3.40. The number of hydrogen-bond donors (Lipinski definition) is 1. The van der Waals surface area contributed by atoms with Crippen LogP contribution in [0, 0.1) is 23.6 Å². The van der Waals surface area contributed by atoms with Crippen molar-refractivity contribution in [3.63, 3.8) is 0 Å². The molecule has 1 aromatic carbocycles. The van der Waals surface area contributed by atoms with Gasteiger partial charge in [0.25, 0.3) is 5.56 Å². The van der Waals surface area contributed by atoms with Crippen LogP contribution in [0.5, 0.6) is 0 Å². The van der Waals surface area contributed by atoms with Gasteiger partial charge in [-0.05, 0) is 25.0 Å². The van der Waals surface area contributed by atoms with Crippen molar-refractivity contribution >= 4 is 11.8 Å². The number of anilines is 1. The van der Waals surface area contributed by atoms with E-state index in [0.717, 1.165) is 12.8 Å². The van der Waals surface area contributed by atoms with Crippen LogP contribution in [0.4, 0.5) is 14.9 Å². The lowest BCUT2D eigenvalue weighted by atomic mass is 10.0. The number of cyclic esters (lactones) is 1. The Labute approximate surface area is 142 Å². The molecule has 25 heavy (non-hydrogen) atoms. The number of nitrogens with zero attached hydrogens (tertiary/aromatic N) is 2. The van der Waals surface area contributed by atoms with E-state index in [9.17, 15) is 14.0 Å². The Kier molecular flexibility index (Phi) is 3.73. The Morgan fingerprint density at radius 1 is 1.32 bits per heavy atom. The van der Waals surface area contributed by atoms with Crippen molar-refractivity contribution in [2.24, 2.45) is 5.92 Å². The molecule has 2 heterocycles. The maximum Gasteiger partial charge on any atom is 0.413 e. The fourth-order valence-corrected chi connectivity index (χ4v) is 2.60. The van der Waals surface area contributed by atoms with E-state index < -0.39 is 18.0 Å². The van der Waals surface area contributed by atoms with Crippen molar-refractivity contribution < 1.29 is 13.9 Å². The van der Waals surface area contributed by atoms with E-state index >= 15 is 0 Å². The zero-order valence-electron chi connectivity index (χ0n) is 13.2. The summed E-state index contributed by atoms with van der Waals surface area (Å²) in [4.78, 5) is 27.4. The van der Waals surface area contributed by atoms with Crippen molar-refractivity contribution in [1.29, 1.82) is 0 Å². The van der Waals surface area contributed by atoms with Gasteiger partial charge in [0.15, 0.2) is 6.10 Å². The van der Waals surface area contributed by atoms with E-state index in [2.05, 4.69) is 22.1 Å². The van der Waals surface area contributed by atoms with E-state index in [1.54, 1.807) is 0 Å². The maximum absolute atomic E-state index is 14.5. The highest BCUT2D eigenvalue weighted by atomic mass is 19.1. The van der Waals surface area contributed by atoms with Gasteiger partial charge in [-0.15, -0.1) is 0 Å². The topological polar surface area (TPSA) is 73.2 Å². The second-order valence-corrected chi connectivity index (χ2v) is 6.05. The second-order valence-electron chi connectivity index (χ2n) is 6.05. The minimum absolute atomic E-state index is 0.0148. The Hall–Kier alpha value is -3.14. The number of fused-ring (bicyclic) bond motifs is 1. The number of benzene rings is 1. The zero-order valence-corrected chi connectivity index (χ0v) is 13.2. The van der Waals surface area contributed by atoms with Gasteiger partial charge in [0.05, 0.1) is 18.6 Å². The largest absolute Gasteiger partial charge is 0.428 e. The summed E-state index contributed by atoms with van der Waals surface area (Å²) in [7, 11) is 0. The van der Waals surface area contributed by atoms with Gasteiger partial charge >= 0.3 is 6.09 Å². The minimum Gasteiger partial charge on any atom is -0.428 e. The molecule has 2 aromatic rings. The molecule has 1 aromatic heterocycles. The lowest BCUT2D eigenvalue weighted by Crippen LogP contribution is -2.25. The lowest BCUT2D eigenvalue weighted by Gasteiger charge is -2.23. The SMILES string of the molecule is O=C1Nc2cc(Cn3cnccc3=O)c(F)cc2[C@H](C#CC2CC2)O1. The van der Waals surface area contributed by atoms with Crippen molar-refractivity contribution in [2.75, 3.05) is 5.32 Å². The summed E-state index contributed by atoms with van der Waals surface area (Å²) in [6.45, 7) is 0.0148. The number of rotatable bonds is 2. The van der Waals surface area contributed by atoms with Gasteiger partial charge in [-0.2, -0.15) is 0 Å². The van der Waals surface area contributed by atoms with E-state index in [1.807, 2.05) is 0 Å². The molecular weight excluding hydrogens is 325 g/mol. The van der Waals surface area contributed by atoms with Crippen molar-refractivity contribution in [2.45, 2.75) is 25.5 Å². The average Bonchev–Trinajstić information content (AvgIpc) is 3.40. The zero-order chi connectivity index (χ0) is 17.4. The minimum atomic E-state index is -0.783. The molecule has 0 unspecified atom stereocenters. The van der Waals surface area contributed by atoms with Crippen LogP contribution >= 0.6 is 0 Å². The molecule has 2 aliphatic rings. The molecule has 1 amide bonds. The number of carbonyl (C=O) groups is 1. The van der Waals surface area contributed by atoms with Gasteiger partial charge in [0.1, 0.15) is 5.82 Å². The van der Waals surface area contributed by atoms with Crippen molar-refractivity contribution in [1.82, 2.24) is 9.55 Å². The molecule has 0 saturated heterocycles. The fourth-order valence-electron chi connectivity index (χ4n) is 2.60. The van der Waals surface area contributed by atoms with Gasteiger partial charge in [-0.3, -0.25) is 14.7 Å². The number of halogens is 1. The van der Waals surface area contributed by atoms with Crippen LogP contribution in [-0.4, -0.2) is 15.6 Å². The van der Waals surface area contributed by atoms with Crippen LogP contribution in [-0.2, 0) is 11.3 Å². The number of carbonyl (C=O) groups excluding carboxylic acids is 1. The standard InChI is InChI=1S/C18H14FN3O3/c19-14-8-13-15(7-12(14)9-22-10-20-6-5-17(22)23)21-18(24)25-16(13)4-3-11-1-2-11/h5-8,10-11,16H,1-2,9H2,(H,21,24)/t16-/m0/s1. The van der Waals surface area contributed by atoms with Crippen molar-refractivity contribution in [3.8, 4) is 11.8 Å². The maximum atomic E-state index is 14.5. The molecule has 4 rings (SSSR count). The van der Waals surface area contributed by atoms with Crippen molar-refractivity contribution in [3.05, 3.63) is 58.0 Å². The molecule has 1 N–H and O–H groups in total. The molecule has 1 aliphatic heterocycles. The molecule has 6 nitrogen and oxygen atoms in total. The summed E-state index contributed by atoms with van der Waals surface area (Å²) in [5.74, 6) is 5.80. The van der Waals surface area contributed by atoms with E-state index in [1.165, 1.54) is 35.3 Å². The van der Waals surface area contributed by atoms with Gasteiger partial charge < -0.3 is 4.74 Å². The van der Waals surface area contributed by atoms with Gasteiger partial charge in [-0.1, -0.05) is 11.8 Å². The number of nitrogens with one attached hydrogen (secondary N) is 1. The Morgan fingerprint density at radius 2 is 2.16 bits per heavy atom. The number of amides is 1. The first-order valence-corrected chi connectivity index (χ1v) is 7.91. The third-order valence-electron chi connectivity index (χ3n) is 4.09.